The number of benzene rings is 1. The number of alkyl halides is 3. The Morgan fingerprint density at radius 1 is 1.17 bits per heavy atom. The molecule has 1 heterocycles. The molecule has 0 amide bonds. The van der Waals surface area contributed by atoms with Gasteiger partial charge in [0.25, 0.3) is 0 Å². The van der Waals surface area contributed by atoms with E-state index in [1.165, 1.54) is 18.5 Å². The van der Waals surface area contributed by atoms with Crippen LogP contribution in [0.5, 0.6) is 0 Å². The van der Waals surface area contributed by atoms with Gasteiger partial charge >= 0.3 is 6.18 Å². The van der Waals surface area contributed by atoms with Crippen LogP contribution in [0.2, 0.25) is 0 Å². The van der Waals surface area contributed by atoms with Gasteiger partial charge in [-0.2, -0.15) is 13.2 Å². The molecule has 0 saturated heterocycles. The number of rotatable bonds is 4. The molecule has 0 aliphatic rings. The molecule has 0 unspecified atom stereocenters. The third-order valence-corrected chi connectivity index (χ3v) is 5.06. The van der Waals surface area contributed by atoms with Crippen molar-refractivity contribution in [2.45, 2.75) is 44.7 Å². The number of nitrogens with one attached hydrogen (secondary N) is 1. The Hall–Kier alpha value is -1.51. The first-order valence-electron chi connectivity index (χ1n) is 7.38. The number of hydrogen-bond acceptors (Lipinski definition) is 3. The van der Waals surface area contributed by atoms with Crippen molar-refractivity contribution in [1.82, 2.24) is 14.3 Å². The average molecular weight is 359 g/mol. The molecule has 0 saturated carbocycles. The highest BCUT2D eigenvalue weighted by Crippen LogP contribution is 2.29. The van der Waals surface area contributed by atoms with Gasteiger partial charge in [-0.15, -0.1) is 4.72 Å². The van der Waals surface area contributed by atoms with Crippen molar-refractivity contribution in [2.75, 3.05) is 0 Å². The number of hydrogen-bond donors (Lipinski definition) is 1. The van der Waals surface area contributed by atoms with Crippen molar-refractivity contribution in [1.29, 1.82) is 0 Å². The van der Waals surface area contributed by atoms with Crippen molar-refractivity contribution in [3.05, 3.63) is 48.0 Å². The van der Waals surface area contributed by atoms with Crippen LogP contribution >= 0.6 is 0 Å². The molecule has 2 atom stereocenters. The van der Waals surface area contributed by atoms with E-state index >= 15 is 0 Å². The summed E-state index contributed by atoms with van der Waals surface area (Å²) in [6.07, 6.45) is -1.12. The Labute approximate surface area is 142 Å². The topological polar surface area (TPSA) is 52.9 Å². The van der Waals surface area contributed by atoms with Gasteiger partial charge in [0.15, 0.2) is 0 Å². The zero-order chi connectivity index (χ0) is 18.1. The van der Waals surface area contributed by atoms with Gasteiger partial charge < -0.3 is 9.12 Å². The van der Waals surface area contributed by atoms with E-state index in [1.807, 2.05) is 27.7 Å². The molecular formula is C16H20F3N3OS. The van der Waals surface area contributed by atoms with E-state index in [0.29, 0.717) is 11.4 Å². The van der Waals surface area contributed by atoms with Gasteiger partial charge in [-0.1, -0.05) is 0 Å². The van der Waals surface area contributed by atoms with Crippen molar-refractivity contribution < 1.29 is 17.7 Å². The molecule has 0 spiro atoms. The van der Waals surface area contributed by atoms with Crippen LogP contribution in [0.15, 0.2) is 36.8 Å². The van der Waals surface area contributed by atoms with Crippen LogP contribution < -0.4 is 4.72 Å². The molecule has 0 fully saturated rings. The molecule has 1 N–H and O–H groups in total. The molecule has 0 aliphatic heterocycles. The fourth-order valence-corrected chi connectivity index (χ4v) is 2.72. The summed E-state index contributed by atoms with van der Waals surface area (Å²) in [4.78, 5) is 4.24. The van der Waals surface area contributed by atoms with Crippen molar-refractivity contribution in [3.63, 3.8) is 0 Å². The fourth-order valence-electron chi connectivity index (χ4n) is 1.92. The van der Waals surface area contributed by atoms with Crippen molar-refractivity contribution in [3.8, 4) is 5.69 Å². The maximum Gasteiger partial charge on any atom is 0.416 e. The van der Waals surface area contributed by atoms with Crippen LogP contribution in [-0.4, -0.2) is 18.9 Å². The van der Waals surface area contributed by atoms with Gasteiger partial charge in [0.1, 0.15) is 4.75 Å². The highest BCUT2D eigenvalue weighted by atomic mass is 32.2. The summed E-state index contributed by atoms with van der Waals surface area (Å²) < 4.78 is 54.1. The summed E-state index contributed by atoms with van der Waals surface area (Å²) in [5.41, 5.74) is 0.542. The Kier molecular flexibility index (Phi) is 5.31. The number of aromatic nitrogens is 2. The lowest BCUT2D eigenvalue weighted by Gasteiger charge is -2.25. The van der Waals surface area contributed by atoms with E-state index in [1.54, 1.807) is 10.8 Å². The van der Waals surface area contributed by atoms with E-state index < -0.39 is 27.8 Å². The molecule has 8 heteroatoms. The van der Waals surface area contributed by atoms with Crippen LogP contribution in [-0.2, 0) is 17.5 Å². The normalized spacial score (nSPS) is 15.3. The van der Waals surface area contributed by atoms with Gasteiger partial charge in [0.2, 0.25) is 0 Å². The first kappa shape index (κ1) is 18.8. The lowest BCUT2D eigenvalue weighted by atomic mass is 10.2. The lowest BCUT2D eigenvalue weighted by molar-refractivity contribution is -0.137. The van der Waals surface area contributed by atoms with Gasteiger partial charge in [-0.3, -0.25) is 0 Å². The van der Waals surface area contributed by atoms with Gasteiger partial charge in [0, 0.05) is 23.2 Å². The second kappa shape index (κ2) is 6.78. The monoisotopic (exact) mass is 359 g/mol. The molecule has 0 bridgehead atoms. The standard InChI is InChI=1S/C16H20F3N3OS/c1-11(21-24(23)15(2,3)4)14-9-22(10-20-14)13-7-5-12(6-8-13)16(17,18)19/h5-11,21H,1-4H3/t11-,24-/m0/s1. The summed E-state index contributed by atoms with van der Waals surface area (Å²) in [7, 11) is 0. The Morgan fingerprint density at radius 3 is 2.25 bits per heavy atom. The maximum atomic E-state index is 12.6. The highest BCUT2D eigenvalue weighted by molar-refractivity contribution is 7.90. The third-order valence-electron chi connectivity index (χ3n) is 3.38. The molecular weight excluding hydrogens is 339 g/mol. The van der Waals surface area contributed by atoms with Gasteiger partial charge in [-0.05, 0) is 52.0 Å². The minimum Gasteiger partial charge on any atom is -0.598 e. The summed E-state index contributed by atoms with van der Waals surface area (Å²) in [5.74, 6) is 0. The van der Waals surface area contributed by atoms with E-state index in [0.717, 1.165) is 12.1 Å². The van der Waals surface area contributed by atoms with Gasteiger partial charge in [-0.25, -0.2) is 4.98 Å². The predicted molar refractivity (Wildman–Crippen MR) is 88.0 cm³/mol. The molecule has 24 heavy (non-hydrogen) atoms. The van der Waals surface area contributed by atoms with Crippen LogP contribution in [0.4, 0.5) is 13.2 Å². The summed E-state index contributed by atoms with van der Waals surface area (Å²) in [6.45, 7) is 7.43. The summed E-state index contributed by atoms with van der Waals surface area (Å²) >= 11 is -1.24. The largest absolute Gasteiger partial charge is 0.598 e. The van der Waals surface area contributed by atoms with Crippen LogP contribution in [0, 0.1) is 0 Å². The molecule has 2 rings (SSSR count). The second-order valence-corrected chi connectivity index (χ2v) is 8.47. The zero-order valence-corrected chi connectivity index (χ0v) is 14.7. The number of imidazole rings is 1. The Morgan fingerprint density at radius 2 is 1.75 bits per heavy atom. The third kappa shape index (κ3) is 4.52. The van der Waals surface area contributed by atoms with Crippen LogP contribution in [0.1, 0.15) is 45.0 Å². The van der Waals surface area contributed by atoms with E-state index in [-0.39, 0.29) is 6.04 Å². The lowest BCUT2D eigenvalue weighted by Crippen LogP contribution is -2.40. The first-order chi connectivity index (χ1) is 11.0. The average Bonchev–Trinajstić information content (AvgIpc) is 2.95. The van der Waals surface area contributed by atoms with E-state index in [4.69, 9.17) is 0 Å². The number of nitrogens with zero attached hydrogens (tertiary/aromatic N) is 2. The van der Waals surface area contributed by atoms with Crippen molar-refractivity contribution >= 4 is 11.4 Å². The molecule has 1 aromatic heterocycles. The zero-order valence-electron chi connectivity index (χ0n) is 13.9. The highest BCUT2D eigenvalue weighted by Gasteiger charge is 2.30. The minimum atomic E-state index is -4.35. The predicted octanol–water partition coefficient (Wildman–Crippen LogP) is 4.00. The Bertz CT molecular complexity index is 677. The van der Waals surface area contributed by atoms with E-state index in [9.17, 15) is 17.7 Å². The van der Waals surface area contributed by atoms with Crippen LogP contribution in [0.3, 0.4) is 0 Å². The van der Waals surface area contributed by atoms with Crippen molar-refractivity contribution in [2.24, 2.45) is 0 Å². The molecule has 0 radical (unpaired) electrons. The molecule has 1 aromatic carbocycles. The summed E-state index contributed by atoms with van der Waals surface area (Å²) in [6, 6.07) is 4.59. The van der Waals surface area contributed by atoms with Gasteiger partial charge in [0.05, 0.1) is 23.6 Å². The number of halogens is 3. The smallest absolute Gasteiger partial charge is 0.416 e. The SMILES string of the molecule is C[C@H](N[S@@+]([O-])C(C)(C)C)c1cn(-c2ccc(C(F)(F)F)cc2)cn1. The molecule has 4 nitrogen and oxygen atoms in total. The fraction of sp³-hybridized carbons (Fsp3) is 0.438. The maximum absolute atomic E-state index is 12.6. The molecule has 2 aromatic rings. The van der Waals surface area contributed by atoms with E-state index in [2.05, 4.69) is 9.71 Å². The summed E-state index contributed by atoms with van der Waals surface area (Å²) in [5, 5.41) is 0. The second-order valence-electron chi connectivity index (χ2n) is 6.47. The molecule has 132 valence electrons. The Balaban J connectivity index is 2.13. The quantitative estimate of drug-likeness (QED) is 0.840. The first-order valence-corrected chi connectivity index (χ1v) is 8.53. The minimum absolute atomic E-state index is 0.249. The van der Waals surface area contributed by atoms with Crippen LogP contribution in [0.25, 0.3) is 5.69 Å². The molecule has 0 aliphatic carbocycles.